The lowest BCUT2D eigenvalue weighted by molar-refractivity contribution is -0.138. The molecule has 2 fully saturated rings. The van der Waals surface area contributed by atoms with Crippen molar-refractivity contribution in [1.82, 2.24) is 19.7 Å². The summed E-state index contributed by atoms with van der Waals surface area (Å²) in [5, 5.41) is 20.9. The largest absolute Gasteiger partial charge is 0.481 e. The lowest BCUT2D eigenvalue weighted by atomic mass is 9.93. The first-order valence-corrected chi connectivity index (χ1v) is 15.1. The van der Waals surface area contributed by atoms with E-state index < -0.39 is 11.6 Å². The molecule has 2 aromatic rings. The molecule has 1 aromatic carbocycles. The molecule has 1 unspecified atom stereocenters. The summed E-state index contributed by atoms with van der Waals surface area (Å²) in [5.41, 5.74) is 1.51. The Morgan fingerprint density at radius 1 is 1.14 bits per heavy atom. The minimum absolute atomic E-state index is 0.207. The summed E-state index contributed by atoms with van der Waals surface area (Å²) in [6, 6.07) is 9.19. The van der Waals surface area contributed by atoms with Crippen LogP contribution in [0.15, 0.2) is 52.3 Å². The Kier molecular flexibility index (Phi) is 11.2. The second kappa shape index (κ2) is 14.6. The number of aliphatic hydroxyl groups is 1. The number of aromatic nitrogens is 1. The lowest BCUT2D eigenvalue weighted by Crippen LogP contribution is -2.45. The zero-order valence-electron chi connectivity index (χ0n) is 25.0. The van der Waals surface area contributed by atoms with Gasteiger partial charge < -0.3 is 24.7 Å². The average Bonchev–Trinajstić information content (AvgIpc) is 3.05. The van der Waals surface area contributed by atoms with Crippen LogP contribution in [-0.4, -0.2) is 100 Å². The normalized spacial score (nSPS) is 21.5. The fraction of sp³-hybridized carbons (Fsp3) is 0.484. The Labute approximate surface area is 263 Å². The van der Waals surface area contributed by atoms with Gasteiger partial charge in [0.05, 0.1) is 24.0 Å². The molecule has 2 aliphatic rings. The Balaban J connectivity index is 1.56. The van der Waals surface area contributed by atoms with E-state index in [2.05, 4.69) is 26.5 Å². The third-order valence-corrected chi connectivity index (χ3v) is 7.98. The number of likely N-dealkylation sites (N-methyl/N-ethyl adjacent to an activating group) is 1. The highest BCUT2D eigenvalue weighted by Crippen LogP contribution is 2.30. The van der Waals surface area contributed by atoms with Gasteiger partial charge in [0.2, 0.25) is 11.8 Å². The van der Waals surface area contributed by atoms with Crippen LogP contribution in [0.3, 0.4) is 0 Å². The number of β-amino-alcohol motifs (C(OH)–C–C–N with tert-alkyl or cyclic N) is 1. The number of guanidine groups is 1. The number of halogens is 2. The fourth-order valence-corrected chi connectivity index (χ4v) is 6.16. The molecule has 232 valence electrons. The van der Waals surface area contributed by atoms with Gasteiger partial charge in [-0.15, -0.1) is 0 Å². The highest BCUT2D eigenvalue weighted by atomic mass is 35.5. The summed E-state index contributed by atoms with van der Waals surface area (Å²) in [5.74, 6) is 0.753. The van der Waals surface area contributed by atoms with Gasteiger partial charge in [0.15, 0.2) is 0 Å². The van der Waals surface area contributed by atoms with Gasteiger partial charge in [-0.3, -0.25) is 9.69 Å². The van der Waals surface area contributed by atoms with Crippen molar-refractivity contribution >= 4 is 41.8 Å². The van der Waals surface area contributed by atoms with Gasteiger partial charge >= 0.3 is 5.97 Å². The molecular formula is C31H40Cl2N6O4. The Hall–Kier alpha value is -3.02. The summed E-state index contributed by atoms with van der Waals surface area (Å²) in [7, 11) is 1.97. The number of allylic oxidation sites excluding steroid dienone is 1. The van der Waals surface area contributed by atoms with Gasteiger partial charge in [-0.05, 0) is 89.3 Å². The molecular weight excluding hydrogens is 591 g/mol. The van der Waals surface area contributed by atoms with Gasteiger partial charge in [0.1, 0.15) is 5.76 Å². The van der Waals surface area contributed by atoms with E-state index in [-0.39, 0.29) is 12.3 Å². The number of benzene rings is 1. The number of ether oxygens (including phenoxy) is 1. The molecule has 2 aliphatic heterocycles. The molecule has 4 rings (SSSR count). The third-order valence-electron chi connectivity index (χ3n) is 7.54. The van der Waals surface area contributed by atoms with Crippen molar-refractivity contribution in [2.45, 2.75) is 45.3 Å². The number of hydrogen-bond donors (Lipinski definition) is 2. The molecule has 0 spiro atoms. The molecule has 2 N–H and O–H groups in total. The number of hydrogen-bond acceptors (Lipinski definition) is 7. The van der Waals surface area contributed by atoms with E-state index in [1.165, 1.54) is 0 Å². The minimum Gasteiger partial charge on any atom is -0.481 e. The topological polar surface area (TPSA) is 114 Å². The quantitative estimate of drug-likeness (QED) is 0.237. The third kappa shape index (κ3) is 10.0. The molecule has 10 nitrogen and oxygen atoms in total. The molecule has 1 aromatic heterocycles. The average molecular weight is 632 g/mol. The van der Waals surface area contributed by atoms with Crippen molar-refractivity contribution in [2.75, 3.05) is 46.3 Å². The highest BCUT2D eigenvalue weighted by Gasteiger charge is 2.30. The number of carboxylic acid groups (broad SMARTS) is 1. The smallest absolute Gasteiger partial charge is 0.303 e. The summed E-state index contributed by atoms with van der Waals surface area (Å²) in [4.78, 5) is 30.8. The van der Waals surface area contributed by atoms with Crippen LogP contribution in [0.25, 0.3) is 11.3 Å². The number of rotatable bonds is 8. The number of likely N-dealkylation sites (tertiary alicyclic amines) is 1. The Morgan fingerprint density at radius 2 is 1.84 bits per heavy atom. The van der Waals surface area contributed by atoms with Gasteiger partial charge in [0, 0.05) is 54.3 Å². The monoisotopic (exact) mass is 630 g/mol. The van der Waals surface area contributed by atoms with Gasteiger partial charge in [-0.25, -0.2) is 15.0 Å². The van der Waals surface area contributed by atoms with Crippen molar-refractivity contribution in [3.63, 3.8) is 0 Å². The molecule has 0 radical (unpaired) electrons. The number of piperidine rings is 1. The minimum atomic E-state index is -0.915. The molecule has 3 heterocycles. The van der Waals surface area contributed by atoms with E-state index in [9.17, 15) is 9.90 Å². The summed E-state index contributed by atoms with van der Waals surface area (Å²) < 4.78 is 6.15. The second-order valence-electron chi connectivity index (χ2n) is 11.8. The molecule has 1 atom stereocenters. The Morgan fingerprint density at radius 3 is 2.49 bits per heavy atom. The van der Waals surface area contributed by atoms with Crippen LogP contribution in [-0.2, 0) is 11.3 Å². The van der Waals surface area contributed by atoms with Crippen molar-refractivity contribution in [3.8, 4) is 17.1 Å². The zero-order chi connectivity index (χ0) is 31.1. The van der Waals surface area contributed by atoms with Gasteiger partial charge in [-0.1, -0.05) is 23.2 Å². The van der Waals surface area contributed by atoms with E-state index in [1.807, 2.05) is 36.2 Å². The number of nitrogens with zero attached hydrogens (tertiary/aromatic N) is 6. The van der Waals surface area contributed by atoms with E-state index in [1.54, 1.807) is 26.1 Å². The SMILES string of the molecule is C=N/C(=N\C=C(/C)Oc1cc(CN2CCC(CC(=O)O)CC2)cc(-c2cc(Cl)cc(Cl)c2)n1)N1CCN(C)CC(C)(O)C1. The summed E-state index contributed by atoms with van der Waals surface area (Å²) in [6.45, 7) is 11.9. The number of aliphatic carboxylic acids is 1. The first-order valence-electron chi connectivity index (χ1n) is 14.4. The van der Waals surface area contributed by atoms with Crippen LogP contribution < -0.4 is 4.74 Å². The standard InChI is InChI=1S/C31H40Cl2N6O4/c1-21(17-35-30(34-3)39-10-9-37(4)19-31(2,42)20-39)43-28-12-23(18-38-7-5-22(6-8-38)13-29(40)41)11-27(36-28)24-14-25(32)16-26(33)15-24/h11-12,14-17,22,42H,3,5-10,13,18-20H2,1-2,4H3,(H,40,41)/b21-17+,35-30+. The first-order chi connectivity index (χ1) is 20.4. The lowest BCUT2D eigenvalue weighted by Gasteiger charge is -2.31. The van der Waals surface area contributed by atoms with Crippen LogP contribution in [0.1, 0.15) is 38.7 Å². The summed E-state index contributed by atoms with van der Waals surface area (Å²) >= 11 is 12.6. The first kappa shape index (κ1) is 32.9. The molecule has 0 bridgehead atoms. The maximum atomic E-state index is 11.1. The molecule has 0 amide bonds. The van der Waals surface area contributed by atoms with E-state index >= 15 is 0 Å². The second-order valence-corrected chi connectivity index (χ2v) is 12.6. The van der Waals surface area contributed by atoms with Crippen molar-refractivity contribution < 1.29 is 19.7 Å². The van der Waals surface area contributed by atoms with E-state index in [0.717, 1.165) is 43.6 Å². The van der Waals surface area contributed by atoms with Crippen molar-refractivity contribution in [3.05, 3.63) is 57.9 Å². The molecule has 2 saturated heterocycles. The van der Waals surface area contributed by atoms with Crippen LogP contribution >= 0.6 is 23.2 Å². The maximum Gasteiger partial charge on any atom is 0.303 e. The highest BCUT2D eigenvalue weighted by molar-refractivity contribution is 6.35. The van der Waals surface area contributed by atoms with E-state index in [4.69, 9.17) is 38.0 Å². The Bertz CT molecular complexity index is 1350. The molecule has 43 heavy (non-hydrogen) atoms. The number of aliphatic imine (C=N–C) groups is 2. The van der Waals surface area contributed by atoms with Crippen molar-refractivity contribution in [1.29, 1.82) is 0 Å². The predicted octanol–water partition coefficient (Wildman–Crippen LogP) is 5.04. The van der Waals surface area contributed by atoms with Gasteiger partial charge in [0.25, 0.3) is 0 Å². The van der Waals surface area contributed by atoms with Gasteiger partial charge in [-0.2, -0.15) is 0 Å². The molecule has 0 saturated carbocycles. The number of pyridine rings is 1. The summed E-state index contributed by atoms with van der Waals surface area (Å²) in [6.07, 6.45) is 3.48. The fourth-order valence-electron chi connectivity index (χ4n) is 5.63. The molecule has 12 heteroatoms. The van der Waals surface area contributed by atoms with Crippen LogP contribution in [0.5, 0.6) is 5.88 Å². The number of carbonyl (C=O) groups is 1. The predicted molar refractivity (Wildman–Crippen MR) is 171 cm³/mol. The zero-order valence-corrected chi connectivity index (χ0v) is 26.5. The van der Waals surface area contributed by atoms with E-state index in [0.29, 0.717) is 59.5 Å². The van der Waals surface area contributed by atoms with Crippen LogP contribution in [0.2, 0.25) is 10.0 Å². The maximum absolute atomic E-state index is 11.1. The number of carboxylic acids is 1. The van der Waals surface area contributed by atoms with Crippen LogP contribution in [0.4, 0.5) is 0 Å². The van der Waals surface area contributed by atoms with Crippen molar-refractivity contribution in [2.24, 2.45) is 15.9 Å². The molecule has 0 aliphatic carbocycles. The van der Waals surface area contributed by atoms with Crippen LogP contribution in [0, 0.1) is 5.92 Å².